The number of hydrogen-bond donors (Lipinski definition) is 1. The first-order valence-corrected chi connectivity index (χ1v) is 8.32. The molecule has 1 amide bonds. The quantitative estimate of drug-likeness (QED) is 0.887. The Morgan fingerprint density at radius 1 is 1.12 bits per heavy atom. The first kappa shape index (κ1) is 16.5. The van der Waals surface area contributed by atoms with Crippen molar-refractivity contribution in [1.29, 1.82) is 0 Å². The van der Waals surface area contributed by atoms with Gasteiger partial charge in [-0.2, -0.15) is 0 Å². The largest absolute Gasteiger partial charge is 0.380 e. The van der Waals surface area contributed by atoms with E-state index in [9.17, 15) is 4.79 Å². The van der Waals surface area contributed by atoms with Crippen molar-refractivity contribution in [2.24, 2.45) is 0 Å². The van der Waals surface area contributed by atoms with Gasteiger partial charge in [0.1, 0.15) is 5.82 Å². The third-order valence-corrected chi connectivity index (χ3v) is 4.22. The lowest BCUT2D eigenvalue weighted by atomic mass is 10.1. The molecule has 0 atom stereocenters. The first-order valence-electron chi connectivity index (χ1n) is 8.32. The zero-order valence-electron chi connectivity index (χ0n) is 14.0. The van der Waals surface area contributed by atoms with Crippen LogP contribution in [0.4, 0.5) is 5.82 Å². The van der Waals surface area contributed by atoms with Crippen LogP contribution in [-0.2, 0) is 17.9 Å². The molecule has 24 heavy (non-hydrogen) atoms. The first-order chi connectivity index (χ1) is 11.8. The van der Waals surface area contributed by atoms with E-state index < -0.39 is 0 Å². The van der Waals surface area contributed by atoms with Crippen LogP contribution >= 0.6 is 0 Å². The predicted molar refractivity (Wildman–Crippen MR) is 94.0 cm³/mol. The lowest BCUT2D eigenvalue weighted by Gasteiger charge is -2.16. The molecule has 1 saturated heterocycles. The van der Waals surface area contributed by atoms with Gasteiger partial charge in [-0.25, -0.2) is 4.98 Å². The number of hydrogen-bond acceptors (Lipinski definition) is 4. The molecular formula is C19H23N3O2. The van der Waals surface area contributed by atoms with E-state index >= 15 is 0 Å². The fourth-order valence-corrected chi connectivity index (χ4v) is 2.86. The summed E-state index contributed by atoms with van der Waals surface area (Å²) in [7, 11) is 1.66. The van der Waals surface area contributed by atoms with E-state index in [1.165, 1.54) is 12.8 Å². The van der Waals surface area contributed by atoms with Gasteiger partial charge in [0, 0.05) is 38.5 Å². The zero-order chi connectivity index (χ0) is 16.8. The molecule has 3 rings (SSSR count). The van der Waals surface area contributed by atoms with Crippen molar-refractivity contribution >= 4 is 11.7 Å². The normalized spacial score (nSPS) is 14.0. The van der Waals surface area contributed by atoms with E-state index in [-0.39, 0.29) is 5.91 Å². The van der Waals surface area contributed by atoms with Crippen molar-refractivity contribution < 1.29 is 9.53 Å². The molecule has 0 unspecified atom stereocenters. The fourth-order valence-electron chi connectivity index (χ4n) is 2.86. The molecule has 5 nitrogen and oxygen atoms in total. The maximum atomic E-state index is 12.2. The molecule has 1 fully saturated rings. The molecule has 1 N–H and O–H groups in total. The molecular weight excluding hydrogens is 302 g/mol. The van der Waals surface area contributed by atoms with Gasteiger partial charge in [-0.3, -0.25) is 4.79 Å². The van der Waals surface area contributed by atoms with Gasteiger partial charge in [0.05, 0.1) is 6.61 Å². The summed E-state index contributed by atoms with van der Waals surface area (Å²) >= 11 is 0. The highest BCUT2D eigenvalue weighted by atomic mass is 16.5. The number of rotatable bonds is 6. The SMILES string of the molecule is COCc1ccc(C(=O)NCc2ccc(N3CCCC3)nc2)cc1. The number of ether oxygens (including phenoxy) is 1. The number of benzene rings is 1. The topological polar surface area (TPSA) is 54.5 Å². The summed E-state index contributed by atoms with van der Waals surface area (Å²) < 4.78 is 5.07. The molecule has 2 aromatic rings. The van der Waals surface area contributed by atoms with E-state index in [4.69, 9.17) is 4.74 Å². The molecule has 2 heterocycles. The molecule has 0 saturated carbocycles. The van der Waals surface area contributed by atoms with Gasteiger partial charge in [0.2, 0.25) is 0 Å². The number of pyridine rings is 1. The van der Waals surface area contributed by atoms with Crippen molar-refractivity contribution in [3.05, 3.63) is 59.3 Å². The highest BCUT2D eigenvalue weighted by Gasteiger charge is 2.13. The van der Waals surface area contributed by atoms with Crippen molar-refractivity contribution in [3.8, 4) is 0 Å². The van der Waals surface area contributed by atoms with Gasteiger partial charge in [-0.15, -0.1) is 0 Å². The van der Waals surface area contributed by atoms with Crippen LogP contribution in [0.1, 0.15) is 34.3 Å². The van der Waals surface area contributed by atoms with Gasteiger partial charge in [0.15, 0.2) is 0 Å². The van der Waals surface area contributed by atoms with E-state index in [0.29, 0.717) is 18.7 Å². The summed E-state index contributed by atoms with van der Waals surface area (Å²) in [6.07, 6.45) is 4.32. The molecule has 126 valence electrons. The second-order valence-corrected chi connectivity index (χ2v) is 6.03. The van der Waals surface area contributed by atoms with Crippen molar-refractivity contribution in [1.82, 2.24) is 10.3 Å². The lowest BCUT2D eigenvalue weighted by molar-refractivity contribution is 0.0951. The highest BCUT2D eigenvalue weighted by molar-refractivity contribution is 5.94. The van der Waals surface area contributed by atoms with Gasteiger partial charge in [0.25, 0.3) is 5.91 Å². The van der Waals surface area contributed by atoms with Gasteiger partial charge in [-0.05, 0) is 42.2 Å². The molecule has 0 aliphatic carbocycles. The minimum Gasteiger partial charge on any atom is -0.380 e. The second-order valence-electron chi connectivity index (χ2n) is 6.03. The fraction of sp³-hybridized carbons (Fsp3) is 0.368. The standard InChI is InChI=1S/C19H23N3O2/c1-24-14-15-4-7-17(8-5-15)19(23)21-13-16-6-9-18(20-12-16)22-10-2-3-11-22/h4-9,12H,2-3,10-11,13-14H2,1H3,(H,21,23). The van der Waals surface area contributed by atoms with Crippen molar-refractivity contribution in [2.75, 3.05) is 25.1 Å². The molecule has 1 aliphatic heterocycles. The maximum Gasteiger partial charge on any atom is 0.251 e. The molecule has 1 aromatic heterocycles. The minimum atomic E-state index is -0.0809. The Morgan fingerprint density at radius 3 is 2.46 bits per heavy atom. The number of carbonyl (C=O) groups is 1. The highest BCUT2D eigenvalue weighted by Crippen LogP contribution is 2.17. The van der Waals surface area contributed by atoms with Gasteiger partial charge in [-0.1, -0.05) is 18.2 Å². The Kier molecular flexibility index (Phi) is 5.43. The zero-order valence-corrected chi connectivity index (χ0v) is 14.0. The van der Waals surface area contributed by atoms with Crippen LogP contribution < -0.4 is 10.2 Å². The summed E-state index contributed by atoms with van der Waals surface area (Å²) in [6, 6.07) is 11.5. The summed E-state index contributed by atoms with van der Waals surface area (Å²) in [4.78, 5) is 19.0. The third kappa shape index (κ3) is 4.11. The van der Waals surface area contributed by atoms with Crippen LogP contribution in [0.5, 0.6) is 0 Å². The number of aromatic nitrogens is 1. The van der Waals surface area contributed by atoms with Gasteiger partial charge < -0.3 is 15.0 Å². The van der Waals surface area contributed by atoms with E-state index in [1.807, 2.05) is 42.6 Å². The molecule has 0 bridgehead atoms. The van der Waals surface area contributed by atoms with E-state index in [1.54, 1.807) is 7.11 Å². The van der Waals surface area contributed by atoms with Gasteiger partial charge >= 0.3 is 0 Å². The number of nitrogens with one attached hydrogen (secondary N) is 1. The van der Waals surface area contributed by atoms with Crippen LogP contribution in [0.3, 0.4) is 0 Å². The minimum absolute atomic E-state index is 0.0809. The number of amides is 1. The van der Waals surface area contributed by atoms with E-state index in [0.717, 1.165) is 30.0 Å². The number of anilines is 1. The van der Waals surface area contributed by atoms with Crippen LogP contribution in [0.2, 0.25) is 0 Å². The van der Waals surface area contributed by atoms with Crippen LogP contribution in [0, 0.1) is 0 Å². The van der Waals surface area contributed by atoms with Crippen molar-refractivity contribution in [3.63, 3.8) is 0 Å². The molecule has 5 heteroatoms. The Hall–Kier alpha value is -2.40. The monoisotopic (exact) mass is 325 g/mol. The Bertz CT molecular complexity index is 662. The van der Waals surface area contributed by atoms with E-state index in [2.05, 4.69) is 15.2 Å². The molecule has 1 aromatic carbocycles. The Labute approximate surface area is 142 Å². The van der Waals surface area contributed by atoms with Crippen LogP contribution in [0.15, 0.2) is 42.6 Å². The lowest BCUT2D eigenvalue weighted by Crippen LogP contribution is -2.23. The smallest absolute Gasteiger partial charge is 0.251 e. The second kappa shape index (κ2) is 7.93. The maximum absolute atomic E-state index is 12.2. The number of nitrogens with zero attached hydrogens (tertiary/aromatic N) is 2. The average Bonchev–Trinajstić information content (AvgIpc) is 3.16. The molecule has 0 spiro atoms. The summed E-state index contributed by atoms with van der Waals surface area (Å²) in [6.45, 7) is 3.20. The summed E-state index contributed by atoms with van der Waals surface area (Å²) in [5.41, 5.74) is 2.70. The Balaban J connectivity index is 1.53. The number of methoxy groups -OCH3 is 1. The molecule has 1 aliphatic rings. The summed E-state index contributed by atoms with van der Waals surface area (Å²) in [5.74, 6) is 0.943. The Morgan fingerprint density at radius 2 is 1.83 bits per heavy atom. The van der Waals surface area contributed by atoms with Crippen LogP contribution in [-0.4, -0.2) is 31.1 Å². The van der Waals surface area contributed by atoms with Crippen LogP contribution in [0.25, 0.3) is 0 Å². The molecule has 0 radical (unpaired) electrons. The predicted octanol–water partition coefficient (Wildman–Crippen LogP) is 2.76. The summed E-state index contributed by atoms with van der Waals surface area (Å²) in [5, 5.41) is 2.93. The number of carbonyl (C=O) groups excluding carboxylic acids is 1. The average molecular weight is 325 g/mol. The van der Waals surface area contributed by atoms with Crippen molar-refractivity contribution in [2.45, 2.75) is 26.0 Å². The third-order valence-electron chi connectivity index (χ3n) is 4.22.